The van der Waals surface area contributed by atoms with Crippen LogP contribution in [0.2, 0.25) is 0 Å². The zero-order valence-electron chi connectivity index (χ0n) is 15.5. The van der Waals surface area contributed by atoms with E-state index in [1.54, 1.807) is 7.11 Å². The van der Waals surface area contributed by atoms with Gasteiger partial charge in [-0.05, 0) is 36.4 Å². The van der Waals surface area contributed by atoms with Crippen molar-refractivity contribution in [2.24, 2.45) is 0 Å². The van der Waals surface area contributed by atoms with Gasteiger partial charge in [0, 0.05) is 16.8 Å². The van der Waals surface area contributed by atoms with Crippen LogP contribution in [-0.2, 0) is 0 Å². The Hall–Kier alpha value is -3.72. The van der Waals surface area contributed by atoms with E-state index in [9.17, 15) is 0 Å². The van der Waals surface area contributed by atoms with E-state index in [-0.39, 0.29) is 0 Å². The van der Waals surface area contributed by atoms with Gasteiger partial charge in [0.05, 0.1) is 23.8 Å². The smallest absolute Gasteiger partial charge is 0.171 e. The summed E-state index contributed by atoms with van der Waals surface area (Å²) in [5, 5.41) is 2.47. The van der Waals surface area contributed by atoms with Gasteiger partial charge in [0.1, 0.15) is 5.75 Å². The van der Waals surface area contributed by atoms with Crippen LogP contribution in [0.4, 0.5) is 0 Å². The van der Waals surface area contributed by atoms with Crippen LogP contribution in [0.15, 0.2) is 97.1 Å². The summed E-state index contributed by atoms with van der Waals surface area (Å²) in [6, 6.07) is 32.7. The first-order valence-electron chi connectivity index (χ1n) is 9.24. The maximum Gasteiger partial charge on any atom is 0.171 e. The Morgan fingerprint density at radius 2 is 1.21 bits per heavy atom. The van der Waals surface area contributed by atoms with Crippen LogP contribution < -0.4 is 9.47 Å². The Morgan fingerprint density at radius 3 is 1.86 bits per heavy atom. The molecule has 3 nitrogen and oxygen atoms in total. The van der Waals surface area contributed by atoms with Gasteiger partial charge in [-0.2, -0.15) is 0 Å². The van der Waals surface area contributed by atoms with Crippen LogP contribution in [0, 0.1) is 0 Å². The number of fused-ring (bicyclic) bond motifs is 3. The van der Waals surface area contributed by atoms with Crippen molar-refractivity contribution in [1.29, 1.82) is 0 Å². The van der Waals surface area contributed by atoms with Gasteiger partial charge in [-0.25, -0.2) is 0 Å². The van der Waals surface area contributed by atoms with Crippen molar-refractivity contribution in [3.05, 3.63) is 97.1 Å². The van der Waals surface area contributed by atoms with Gasteiger partial charge >= 0.3 is 0 Å². The third-order valence-corrected chi connectivity index (χ3v) is 4.96. The molecule has 4 aromatic carbocycles. The molecule has 28 heavy (non-hydrogen) atoms. The van der Waals surface area contributed by atoms with Crippen LogP contribution >= 0.6 is 0 Å². The molecule has 5 aromatic rings. The van der Waals surface area contributed by atoms with Gasteiger partial charge in [0.15, 0.2) is 11.5 Å². The predicted octanol–water partition coefficient (Wildman–Crippen LogP) is 6.58. The van der Waals surface area contributed by atoms with Gasteiger partial charge in [0.25, 0.3) is 0 Å². The molecule has 0 fully saturated rings. The molecule has 3 heteroatoms. The third-order valence-electron chi connectivity index (χ3n) is 4.96. The maximum atomic E-state index is 6.12. The summed E-state index contributed by atoms with van der Waals surface area (Å²) >= 11 is 0. The van der Waals surface area contributed by atoms with E-state index < -0.39 is 0 Å². The number of benzene rings is 4. The molecule has 136 valence electrons. The molecule has 0 unspecified atom stereocenters. The Balaban J connectivity index is 1.72. The third kappa shape index (κ3) is 2.69. The maximum absolute atomic E-state index is 6.12. The first-order chi connectivity index (χ1) is 13.8. The van der Waals surface area contributed by atoms with E-state index in [4.69, 9.17) is 9.47 Å². The number of hydrogen-bond donors (Lipinski definition) is 0. The lowest BCUT2D eigenvalue weighted by Crippen LogP contribution is -1.96. The van der Waals surface area contributed by atoms with E-state index in [2.05, 4.69) is 59.2 Å². The minimum absolute atomic E-state index is 0.688. The molecule has 0 spiro atoms. The molecule has 0 N–H and O–H groups in total. The molecule has 0 amide bonds. The average molecular weight is 365 g/mol. The molecular weight excluding hydrogens is 346 g/mol. The summed E-state index contributed by atoms with van der Waals surface area (Å²) in [5.74, 6) is 2.17. The fraction of sp³-hybridized carbons (Fsp3) is 0.0400. The second-order valence-electron chi connectivity index (χ2n) is 6.62. The second kappa shape index (κ2) is 6.78. The highest BCUT2D eigenvalue weighted by Gasteiger charge is 2.14. The Bertz CT molecular complexity index is 1220. The van der Waals surface area contributed by atoms with E-state index in [1.807, 2.05) is 42.5 Å². The molecule has 0 radical (unpaired) electrons. The molecule has 0 bridgehead atoms. The normalized spacial score (nSPS) is 11.0. The minimum atomic E-state index is 0.688. The topological polar surface area (TPSA) is 23.4 Å². The number of methoxy groups -OCH3 is 1. The van der Waals surface area contributed by atoms with E-state index in [0.29, 0.717) is 11.5 Å². The van der Waals surface area contributed by atoms with Crippen molar-refractivity contribution < 1.29 is 9.47 Å². The monoisotopic (exact) mass is 365 g/mol. The van der Waals surface area contributed by atoms with Crippen molar-refractivity contribution in [1.82, 2.24) is 4.57 Å². The number of ether oxygens (including phenoxy) is 2. The van der Waals surface area contributed by atoms with Gasteiger partial charge in [-0.1, -0.05) is 54.6 Å². The molecule has 0 aliphatic heterocycles. The lowest BCUT2D eigenvalue weighted by Gasteiger charge is -2.14. The molecular formula is C25H19NO2. The van der Waals surface area contributed by atoms with Crippen LogP contribution in [0.5, 0.6) is 17.2 Å². The molecule has 0 saturated heterocycles. The minimum Gasteiger partial charge on any atom is -0.493 e. The SMILES string of the molecule is COc1ccc(-n2c3ccccc3c3ccccc32)cc1Oc1ccccc1. The number of nitrogens with zero attached hydrogens (tertiary/aromatic N) is 1. The molecule has 0 saturated carbocycles. The summed E-state index contributed by atoms with van der Waals surface area (Å²) < 4.78 is 13.9. The Kier molecular flexibility index (Phi) is 3.99. The summed E-state index contributed by atoms with van der Waals surface area (Å²) in [4.78, 5) is 0. The van der Waals surface area contributed by atoms with Gasteiger partial charge in [-0.3, -0.25) is 0 Å². The lowest BCUT2D eigenvalue weighted by atomic mass is 10.2. The van der Waals surface area contributed by atoms with Crippen molar-refractivity contribution in [3.8, 4) is 22.9 Å². The van der Waals surface area contributed by atoms with E-state index in [0.717, 1.165) is 11.4 Å². The van der Waals surface area contributed by atoms with E-state index >= 15 is 0 Å². The molecule has 0 aliphatic carbocycles. The average Bonchev–Trinajstić information content (AvgIpc) is 3.09. The van der Waals surface area contributed by atoms with Crippen molar-refractivity contribution in [2.75, 3.05) is 7.11 Å². The molecule has 1 heterocycles. The summed E-state index contributed by atoms with van der Waals surface area (Å²) in [6.07, 6.45) is 0. The van der Waals surface area contributed by atoms with Gasteiger partial charge in [0.2, 0.25) is 0 Å². The number of aromatic nitrogens is 1. The fourth-order valence-corrected chi connectivity index (χ4v) is 3.70. The van der Waals surface area contributed by atoms with Crippen molar-refractivity contribution in [2.45, 2.75) is 0 Å². The largest absolute Gasteiger partial charge is 0.493 e. The number of hydrogen-bond acceptors (Lipinski definition) is 2. The zero-order chi connectivity index (χ0) is 18.9. The van der Waals surface area contributed by atoms with Crippen LogP contribution in [-0.4, -0.2) is 11.7 Å². The first kappa shape index (κ1) is 16.5. The van der Waals surface area contributed by atoms with Crippen LogP contribution in [0.3, 0.4) is 0 Å². The molecule has 5 rings (SSSR count). The molecule has 0 atom stereocenters. The van der Waals surface area contributed by atoms with Crippen molar-refractivity contribution >= 4 is 21.8 Å². The quantitative estimate of drug-likeness (QED) is 0.359. The molecule has 1 aromatic heterocycles. The number of para-hydroxylation sites is 3. The predicted molar refractivity (Wildman–Crippen MR) is 114 cm³/mol. The van der Waals surface area contributed by atoms with Crippen LogP contribution in [0.1, 0.15) is 0 Å². The Morgan fingerprint density at radius 1 is 0.607 bits per heavy atom. The molecule has 0 aliphatic rings. The highest BCUT2D eigenvalue weighted by atomic mass is 16.5. The second-order valence-corrected chi connectivity index (χ2v) is 6.62. The van der Waals surface area contributed by atoms with Gasteiger partial charge in [-0.15, -0.1) is 0 Å². The van der Waals surface area contributed by atoms with Crippen molar-refractivity contribution in [3.63, 3.8) is 0 Å². The van der Waals surface area contributed by atoms with Crippen LogP contribution in [0.25, 0.3) is 27.5 Å². The van der Waals surface area contributed by atoms with Gasteiger partial charge < -0.3 is 14.0 Å². The summed E-state index contributed by atoms with van der Waals surface area (Å²) in [7, 11) is 1.66. The standard InChI is InChI=1S/C25H19NO2/c1-27-24-16-15-18(17-25(24)28-19-9-3-2-4-10-19)26-22-13-7-5-11-20(22)21-12-6-8-14-23(21)26/h2-17H,1H3. The Labute approximate surface area is 163 Å². The first-order valence-corrected chi connectivity index (χ1v) is 9.24. The fourth-order valence-electron chi connectivity index (χ4n) is 3.70. The highest BCUT2D eigenvalue weighted by molar-refractivity contribution is 6.09. The highest BCUT2D eigenvalue weighted by Crippen LogP contribution is 2.37. The van der Waals surface area contributed by atoms with E-state index in [1.165, 1.54) is 21.8 Å². The summed E-state index contributed by atoms with van der Waals surface area (Å²) in [5.41, 5.74) is 3.36. The summed E-state index contributed by atoms with van der Waals surface area (Å²) in [6.45, 7) is 0. The lowest BCUT2D eigenvalue weighted by molar-refractivity contribution is 0.379. The zero-order valence-corrected chi connectivity index (χ0v) is 15.5. The number of rotatable bonds is 4.